The summed E-state index contributed by atoms with van der Waals surface area (Å²) in [5, 5.41) is 2.83. The molecule has 0 aromatic heterocycles. The van der Waals surface area contributed by atoms with Crippen molar-refractivity contribution in [3.8, 4) is 0 Å². The summed E-state index contributed by atoms with van der Waals surface area (Å²) >= 11 is 0. The molecule has 1 unspecified atom stereocenters. The monoisotopic (exact) mass is 340 g/mol. The molecule has 0 radical (unpaired) electrons. The van der Waals surface area contributed by atoms with Crippen molar-refractivity contribution in [1.29, 1.82) is 0 Å². The van der Waals surface area contributed by atoms with E-state index in [2.05, 4.69) is 5.32 Å². The molecule has 0 bridgehead atoms. The first-order chi connectivity index (χ1) is 11.9. The summed E-state index contributed by atoms with van der Waals surface area (Å²) < 4.78 is 13.4. The van der Waals surface area contributed by atoms with Gasteiger partial charge in [-0.15, -0.1) is 0 Å². The fraction of sp³-hybridized carbons (Fsp3) is 0.300. The average molecular weight is 340 g/mol. The molecule has 25 heavy (non-hydrogen) atoms. The number of rotatable bonds is 4. The molecule has 0 spiro atoms. The number of benzene rings is 2. The third-order valence-electron chi connectivity index (χ3n) is 4.56. The van der Waals surface area contributed by atoms with Crippen molar-refractivity contribution in [2.75, 3.05) is 10.2 Å². The number of nitrogens with one attached hydrogen (secondary N) is 1. The van der Waals surface area contributed by atoms with Crippen LogP contribution in [0.15, 0.2) is 42.5 Å². The summed E-state index contributed by atoms with van der Waals surface area (Å²) in [6.07, 6.45) is 1.50. The number of anilines is 2. The van der Waals surface area contributed by atoms with Crippen molar-refractivity contribution in [3.05, 3.63) is 59.4 Å². The molecular formula is C20H21FN2O2. The molecule has 0 saturated carbocycles. The van der Waals surface area contributed by atoms with Crippen LogP contribution in [0.2, 0.25) is 0 Å². The van der Waals surface area contributed by atoms with E-state index >= 15 is 0 Å². The maximum Gasteiger partial charge on any atom is 0.228 e. The molecule has 1 N–H and O–H groups in total. The predicted molar refractivity (Wildman–Crippen MR) is 96.1 cm³/mol. The number of halogens is 1. The zero-order chi connectivity index (χ0) is 18.0. The number of carbonyl (C=O) groups excluding carboxylic acids is 2. The number of carbonyl (C=O) groups is 2. The zero-order valence-electron chi connectivity index (χ0n) is 14.4. The standard InChI is InChI=1S/C20H21FN2O2/c1-13-6-8-16(21)10-15(13)11-19(24)22-17-4-3-5-18(12-17)23-14(2)7-9-20(23)25/h3-6,8,10,12,14H,7,9,11H2,1-2H3,(H,22,24). The molecule has 1 aliphatic heterocycles. The van der Waals surface area contributed by atoms with E-state index in [1.807, 2.05) is 26.0 Å². The Balaban J connectivity index is 1.72. The topological polar surface area (TPSA) is 49.4 Å². The predicted octanol–water partition coefficient (Wildman–Crippen LogP) is 3.83. The van der Waals surface area contributed by atoms with Gasteiger partial charge in [-0.25, -0.2) is 4.39 Å². The van der Waals surface area contributed by atoms with Gasteiger partial charge in [-0.05, 0) is 61.7 Å². The molecule has 2 aromatic rings. The van der Waals surface area contributed by atoms with Gasteiger partial charge >= 0.3 is 0 Å². The maximum atomic E-state index is 13.4. The van der Waals surface area contributed by atoms with Crippen LogP contribution in [0.4, 0.5) is 15.8 Å². The number of hydrogen-bond donors (Lipinski definition) is 1. The van der Waals surface area contributed by atoms with Gasteiger partial charge in [0.2, 0.25) is 11.8 Å². The quantitative estimate of drug-likeness (QED) is 0.919. The highest BCUT2D eigenvalue weighted by Gasteiger charge is 2.28. The average Bonchev–Trinajstić information content (AvgIpc) is 2.90. The first-order valence-electron chi connectivity index (χ1n) is 8.41. The molecular weight excluding hydrogens is 319 g/mol. The van der Waals surface area contributed by atoms with E-state index in [1.54, 1.807) is 23.1 Å². The van der Waals surface area contributed by atoms with Crippen LogP contribution in [0, 0.1) is 12.7 Å². The van der Waals surface area contributed by atoms with E-state index in [0.717, 1.165) is 17.7 Å². The molecule has 3 rings (SSSR count). The number of amides is 2. The van der Waals surface area contributed by atoms with Crippen molar-refractivity contribution in [2.45, 2.75) is 39.2 Å². The molecule has 5 heteroatoms. The highest BCUT2D eigenvalue weighted by atomic mass is 19.1. The van der Waals surface area contributed by atoms with Crippen molar-refractivity contribution < 1.29 is 14.0 Å². The number of hydrogen-bond acceptors (Lipinski definition) is 2. The lowest BCUT2D eigenvalue weighted by Gasteiger charge is -2.22. The van der Waals surface area contributed by atoms with Crippen molar-refractivity contribution >= 4 is 23.2 Å². The summed E-state index contributed by atoms with van der Waals surface area (Å²) in [7, 11) is 0. The molecule has 4 nitrogen and oxygen atoms in total. The fourth-order valence-corrected chi connectivity index (χ4v) is 3.17. The minimum absolute atomic E-state index is 0.103. The number of nitrogens with zero attached hydrogens (tertiary/aromatic N) is 1. The van der Waals surface area contributed by atoms with Gasteiger partial charge in [0.15, 0.2) is 0 Å². The van der Waals surface area contributed by atoms with Crippen LogP contribution < -0.4 is 10.2 Å². The summed E-state index contributed by atoms with van der Waals surface area (Å²) in [5.41, 5.74) is 2.96. The Hall–Kier alpha value is -2.69. The van der Waals surface area contributed by atoms with E-state index in [4.69, 9.17) is 0 Å². The highest BCUT2D eigenvalue weighted by Crippen LogP contribution is 2.28. The largest absolute Gasteiger partial charge is 0.326 e. The van der Waals surface area contributed by atoms with Crippen LogP contribution >= 0.6 is 0 Å². The Kier molecular flexibility index (Phi) is 4.83. The van der Waals surface area contributed by atoms with Crippen molar-refractivity contribution in [3.63, 3.8) is 0 Å². The van der Waals surface area contributed by atoms with Gasteiger partial charge in [0.05, 0.1) is 6.42 Å². The summed E-state index contributed by atoms with van der Waals surface area (Å²) in [6.45, 7) is 3.87. The maximum absolute atomic E-state index is 13.4. The second kappa shape index (κ2) is 7.05. The van der Waals surface area contributed by atoms with Gasteiger partial charge in [-0.2, -0.15) is 0 Å². The van der Waals surface area contributed by atoms with Gasteiger partial charge < -0.3 is 10.2 Å². The van der Waals surface area contributed by atoms with Gasteiger partial charge in [0.1, 0.15) is 5.82 Å². The minimum atomic E-state index is -0.350. The summed E-state index contributed by atoms with van der Waals surface area (Å²) in [6, 6.07) is 11.9. The van der Waals surface area contributed by atoms with Crippen LogP contribution in [0.1, 0.15) is 30.9 Å². The third kappa shape index (κ3) is 3.87. The van der Waals surface area contributed by atoms with Crippen LogP contribution in [-0.4, -0.2) is 17.9 Å². The molecule has 1 saturated heterocycles. The third-order valence-corrected chi connectivity index (χ3v) is 4.56. The van der Waals surface area contributed by atoms with E-state index < -0.39 is 0 Å². The highest BCUT2D eigenvalue weighted by molar-refractivity contribution is 5.98. The van der Waals surface area contributed by atoms with E-state index in [-0.39, 0.29) is 30.1 Å². The van der Waals surface area contributed by atoms with E-state index in [0.29, 0.717) is 17.7 Å². The molecule has 2 amide bonds. The molecule has 130 valence electrons. The Morgan fingerprint density at radius 3 is 2.80 bits per heavy atom. The van der Waals surface area contributed by atoms with Crippen LogP contribution in [-0.2, 0) is 16.0 Å². The zero-order valence-corrected chi connectivity index (χ0v) is 14.4. The van der Waals surface area contributed by atoms with Crippen LogP contribution in [0.25, 0.3) is 0 Å². The Morgan fingerprint density at radius 1 is 1.28 bits per heavy atom. The van der Waals surface area contributed by atoms with Gasteiger partial charge in [0.25, 0.3) is 0 Å². The van der Waals surface area contributed by atoms with Crippen molar-refractivity contribution in [1.82, 2.24) is 0 Å². The van der Waals surface area contributed by atoms with Crippen LogP contribution in [0.5, 0.6) is 0 Å². The lowest BCUT2D eigenvalue weighted by molar-refractivity contribution is -0.117. The normalized spacial score (nSPS) is 17.0. The SMILES string of the molecule is Cc1ccc(F)cc1CC(=O)Nc1cccc(N2C(=O)CCC2C)c1. The van der Waals surface area contributed by atoms with E-state index in [9.17, 15) is 14.0 Å². The molecule has 2 aromatic carbocycles. The second-order valence-corrected chi connectivity index (χ2v) is 6.50. The van der Waals surface area contributed by atoms with Gasteiger partial charge in [-0.3, -0.25) is 9.59 Å². The Morgan fingerprint density at radius 2 is 2.08 bits per heavy atom. The van der Waals surface area contributed by atoms with Crippen molar-refractivity contribution in [2.24, 2.45) is 0 Å². The second-order valence-electron chi connectivity index (χ2n) is 6.50. The fourth-order valence-electron chi connectivity index (χ4n) is 3.17. The van der Waals surface area contributed by atoms with E-state index in [1.165, 1.54) is 12.1 Å². The smallest absolute Gasteiger partial charge is 0.228 e. The molecule has 0 aliphatic carbocycles. The minimum Gasteiger partial charge on any atom is -0.326 e. The lowest BCUT2D eigenvalue weighted by Crippen LogP contribution is -2.30. The summed E-state index contributed by atoms with van der Waals surface area (Å²) in [4.78, 5) is 26.1. The van der Waals surface area contributed by atoms with Crippen LogP contribution in [0.3, 0.4) is 0 Å². The van der Waals surface area contributed by atoms with Gasteiger partial charge in [-0.1, -0.05) is 12.1 Å². The number of aryl methyl sites for hydroxylation is 1. The molecule has 1 atom stereocenters. The molecule has 1 aliphatic rings. The molecule has 1 heterocycles. The summed E-state index contributed by atoms with van der Waals surface area (Å²) in [5.74, 6) is -0.463. The lowest BCUT2D eigenvalue weighted by atomic mass is 10.1. The Bertz CT molecular complexity index is 819. The molecule has 1 fully saturated rings. The Labute approximate surface area is 146 Å². The van der Waals surface area contributed by atoms with Gasteiger partial charge in [0, 0.05) is 23.8 Å². The first kappa shape index (κ1) is 17.1. The first-order valence-corrected chi connectivity index (χ1v) is 8.41.